The van der Waals surface area contributed by atoms with Crippen LogP contribution in [0.5, 0.6) is 0 Å². The highest BCUT2D eigenvalue weighted by atomic mass is 15.1. The van der Waals surface area contributed by atoms with Crippen molar-refractivity contribution in [2.75, 3.05) is 0 Å². The second kappa shape index (κ2) is 4.38. The Balaban J connectivity index is 2.11. The van der Waals surface area contributed by atoms with Crippen LogP contribution in [0.4, 0.5) is 0 Å². The van der Waals surface area contributed by atoms with Crippen LogP contribution in [0.15, 0.2) is 12.4 Å². The predicted octanol–water partition coefficient (Wildman–Crippen LogP) is 3.44. The summed E-state index contributed by atoms with van der Waals surface area (Å²) in [4.78, 5) is 4.42. The number of hydrogen-bond acceptors (Lipinski definition) is 1. The molecule has 2 rings (SSSR count). The van der Waals surface area contributed by atoms with Gasteiger partial charge in [-0.2, -0.15) is 0 Å². The number of nitrogens with zero attached hydrogens (tertiary/aromatic N) is 2. The fourth-order valence-electron chi connectivity index (χ4n) is 2.72. The predicted molar refractivity (Wildman–Crippen MR) is 62.8 cm³/mol. The summed E-state index contributed by atoms with van der Waals surface area (Å²) in [5.41, 5.74) is 0. The van der Waals surface area contributed by atoms with Crippen LogP contribution in [0.3, 0.4) is 0 Å². The minimum atomic E-state index is 0.702. The van der Waals surface area contributed by atoms with Crippen LogP contribution >= 0.6 is 0 Å². The lowest BCUT2D eigenvalue weighted by Gasteiger charge is -2.33. The van der Waals surface area contributed by atoms with Gasteiger partial charge >= 0.3 is 0 Å². The van der Waals surface area contributed by atoms with E-state index in [4.69, 9.17) is 0 Å². The molecule has 1 fully saturated rings. The van der Waals surface area contributed by atoms with E-state index in [0.29, 0.717) is 6.04 Å². The van der Waals surface area contributed by atoms with Gasteiger partial charge in [-0.15, -0.1) is 0 Å². The molecule has 2 nitrogen and oxygen atoms in total. The van der Waals surface area contributed by atoms with Crippen LogP contribution in [0.1, 0.15) is 51.9 Å². The molecule has 1 heterocycles. The van der Waals surface area contributed by atoms with Crippen molar-refractivity contribution in [3.8, 4) is 0 Å². The van der Waals surface area contributed by atoms with Crippen molar-refractivity contribution >= 4 is 0 Å². The van der Waals surface area contributed by atoms with Gasteiger partial charge in [-0.1, -0.05) is 20.8 Å². The lowest BCUT2D eigenvalue weighted by atomic mass is 9.79. The molecular formula is C13H22N2. The molecule has 3 atom stereocenters. The third-order valence-corrected chi connectivity index (χ3v) is 4.03. The molecule has 0 amide bonds. The zero-order valence-electron chi connectivity index (χ0n) is 10.1. The molecule has 0 bridgehead atoms. The van der Waals surface area contributed by atoms with E-state index in [1.54, 1.807) is 0 Å². The molecule has 0 saturated heterocycles. The van der Waals surface area contributed by atoms with Crippen molar-refractivity contribution in [1.29, 1.82) is 0 Å². The summed E-state index contributed by atoms with van der Waals surface area (Å²) in [6.07, 6.45) is 9.17. The fourth-order valence-corrected chi connectivity index (χ4v) is 2.72. The Labute approximate surface area is 92.7 Å². The van der Waals surface area contributed by atoms with E-state index in [1.807, 2.05) is 6.20 Å². The van der Waals surface area contributed by atoms with E-state index < -0.39 is 0 Å². The molecular weight excluding hydrogens is 184 g/mol. The van der Waals surface area contributed by atoms with Crippen LogP contribution in [-0.4, -0.2) is 9.55 Å². The third kappa shape index (κ3) is 2.09. The van der Waals surface area contributed by atoms with Crippen LogP contribution in [-0.2, 0) is 6.42 Å². The molecule has 0 N–H and O–H groups in total. The largest absolute Gasteiger partial charge is 0.332 e. The molecule has 0 aliphatic heterocycles. The molecule has 0 radical (unpaired) electrons. The highest BCUT2D eigenvalue weighted by molar-refractivity contribution is 4.96. The maximum Gasteiger partial charge on any atom is 0.108 e. The maximum atomic E-state index is 4.42. The van der Waals surface area contributed by atoms with Crippen molar-refractivity contribution in [2.24, 2.45) is 11.8 Å². The Morgan fingerprint density at radius 3 is 2.80 bits per heavy atom. The van der Waals surface area contributed by atoms with Crippen molar-refractivity contribution in [2.45, 2.75) is 52.5 Å². The van der Waals surface area contributed by atoms with Crippen molar-refractivity contribution in [1.82, 2.24) is 9.55 Å². The van der Waals surface area contributed by atoms with Gasteiger partial charge in [0.25, 0.3) is 0 Å². The van der Waals surface area contributed by atoms with Gasteiger partial charge in [-0.25, -0.2) is 4.98 Å². The van der Waals surface area contributed by atoms with Crippen molar-refractivity contribution in [3.05, 3.63) is 18.2 Å². The molecule has 1 aliphatic carbocycles. The Bertz CT molecular complexity index is 316. The summed E-state index contributed by atoms with van der Waals surface area (Å²) in [5, 5.41) is 0. The van der Waals surface area contributed by atoms with E-state index in [9.17, 15) is 0 Å². The number of imidazole rings is 1. The summed E-state index contributed by atoms with van der Waals surface area (Å²) >= 11 is 0. The van der Waals surface area contributed by atoms with E-state index in [2.05, 4.69) is 36.5 Å². The van der Waals surface area contributed by atoms with Crippen LogP contribution in [0.25, 0.3) is 0 Å². The average Bonchev–Trinajstić information content (AvgIpc) is 2.70. The zero-order chi connectivity index (χ0) is 10.8. The molecule has 1 saturated carbocycles. The van der Waals surface area contributed by atoms with Crippen molar-refractivity contribution in [3.63, 3.8) is 0 Å². The van der Waals surface area contributed by atoms with E-state index in [-0.39, 0.29) is 0 Å². The molecule has 1 aliphatic rings. The quantitative estimate of drug-likeness (QED) is 0.724. The Hall–Kier alpha value is -0.790. The molecule has 0 aromatic carbocycles. The summed E-state index contributed by atoms with van der Waals surface area (Å²) in [5.74, 6) is 3.01. The first-order valence-corrected chi connectivity index (χ1v) is 6.24. The van der Waals surface area contributed by atoms with Crippen LogP contribution < -0.4 is 0 Å². The Morgan fingerprint density at radius 2 is 2.13 bits per heavy atom. The smallest absolute Gasteiger partial charge is 0.108 e. The second-order valence-electron chi connectivity index (χ2n) is 5.03. The highest BCUT2D eigenvalue weighted by Gasteiger charge is 2.26. The first kappa shape index (κ1) is 10.7. The van der Waals surface area contributed by atoms with Gasteiger partial charge in [0, 0.05) is 24.9 Å². The fraction of sp³-hybridized carbons (Fsp3) is 0.769. The van der Waals surface area contributed by atoms with Gasteiger partial charge in [-0.3, -0.25) is 0 Å². The van der Waals surface area contributed by atoms with Gasteiger partial charge in [0.2, 0.25) is 0 Å². The zero-order valence-corrected chi connectivity index (χ0v) is 10.1. The number of aryl methyl sites for hydroxylation is 1. The molecule has 2 heteroatoms. The maximum absolute atomic E-state index is 4.42. The summed E-state index contributed by atoms with van der Waals surface area (Å²) < 4.78 is 2.41. The van der Waals surface area contributed by atoms with Crippen molar-refractivity contribution < 1.29 is 0 Å². The summed E-state index contributed by atoms with van der Waals surface area (Å²) in [6.45, 7) is 6.96. The van der Waals surface area contributed by atoms with Gasteiger partial charge in [-0.05, 0) is 31.1 Å². The Kier molecular flexibility index (Phi) is 3.13. The average molecular weight is 206 g/mol. The topological polar surface area (TPSA) is 17.8 Å². The molecule has 84 valence electrons. The second-order valence-corrected chi connectivity index (χ2v) is 5.03. The lowest BCUT2D eigenvalue weighted by Crippen LogP contribution is -2.24. The van der Waals surface area contributed by atoms with Crippen LogP contribution in [0, 0.1) is 11.8 Å². The number of aromatic nitrogens is 2. The van der Waals surface area contributed by atoms with Crippen LogP contribution in [0.2, 0.25) is 0 Å². The van der Waals surface area contributed by atoms with E-state index in [0.717, 1.165) is 18.3 Å². The summed E-state index contributed by atoms with van der Waals surface area (Å²) in [7, 11) is 0. The van der Waals surface area contributed by atoms with E-state index >= 15 is 0 Å². The first-order chi connectivity index (χ1) is 7.22. The third-order valence-electron chi connectivity index (χ3n) is 4.03. The minimum Gasteiger partial charge on any atom is -0.332 e. The molecule has 0 spiro atoms. The molecule has 15 heavy (non-hydrogen) atoms. The normalized spacial score (nSPS) is 31.8. The number of rotatable bonds is 2. The molecule has 1 aromatic heterocycles. The SMILES string of the molecule is CCc1nccn1C1CCC(C)C(C)C1. The number of hydrogen-bond donors (Lipinski definition) is 0. The lowest BCUT2D eigenvalue weighted by molar-refractivity contribution is 0.208. The molecule has 1 aromatic rings. The first-order valence-electron chi connectivity index (χ1n) is 6.24. The van der Waals surface area contributed by atoms with Gasteiger partial charge in [0.15, 0.2) is 0 Å². The minimum absolute atomic E-state index is 0.702. The van der Waals surface area contributed by atoms with Gasteiger partial charge in [0.1, 0.15) is 5.82 Å². The van der Waals surface area contributed by atoms with Gasteiger partial charge < -0.3 is 4.57 Å². The standard InChI is InChI=1S/C13H22N2/c1-4-13-14-7-8-15(13)12-6-5-10(2)11(3)9-12/h7-8,10-12H,4-6,9H2,1-3H3. The molecule has 3 unspecified atom stereocenters. The summed E-state index contributed by atoms with van der Waals surface area (Å²) in [6, 6.07) is 0.702. The highest BCUT2D eigenvalue weighted by Crippen LogP contribution is 2.36. The van der Waals surface area contributed by atoms with E-state index in [1.165, 1.54) is 25.1 Å². The van der Waals surface area contributed by atoms with Gasteiger partial charge in [0.05, 0.1) is 0 Å². The Morgan fingerprint density at radius 1 is 1.33 bits per heavy atom. The monoisotopic (exact) mass is 206 g/mol.